The number of hydrogen-bond acceptors (Lipinski definition) is 2. The minimum absolute atomic E-state index is 0.254. The van der Waals surface area contributed by atoms with Crippen molar-refractivity contribution in [2.45, 2.75) is 17.5 Å². The Balaban J connectivity index is 1.25. The molecule has 0 atom stereocenters. The molecule has 4 aromatic rings. The molecule has 2 nitrogen and oxygen atoms in total. The average Bonchev–Trinajstić information content (AvgIpc) is 2.90. The van der Waals surface area contributed by atoms with Crippen molar-refractivity contribution in [2.24, 2.45) is 0 Å². The molecule has 0 aliphatic rings. The molecular formula is C29H28O2Si2. The fourth-order valence-electron chi connectivity index (χ4n) is 3.93. The van der Waals surface area contributed by atoms with E-state index in [9.17, 15) is 0 Å². The molecule has 0 aromatic heterocycles. The van der Waals surface area contributed by atoms with Gasteiger partial charge in [0.25, 0.3) is 0 Å². The Morgan fingerprint density at radius 1 is 0.424 bits per heavy atom. The van der Waals surface area contributed by atoms with E-state index in [-0.39, 0.29) is 11.8 Å². The maximum Gasteiger partial charge on any atom is 0.228 e. The van der Waals surface area contributed by atoms with Gasteiger partial charge in [0.05, 0.1) is 0 Å². The standard InChI is InChI=1S/C29H28O2Si2/c1-5-13-24(14-6-1)28(25-15-7-2-8-16-25)21-30-32-23-33-31-22-29(26-17-9-3-10-18-26)27-19-11-4-12-20-27/h1-20,28-29H,21-23H2. The van der Waals surface area contributed by atoms with Gasteiger partial charge in [-0.15, -0.1) is 0 Å². The Kier molecular flexibility index (Phi) is 9.26. The van der Waals surface area contributed by atoms with Crippen molar-refractivity contribution >= 4 is 19.5 Å². The average molecular weight is 465 g/mol. The number of hydrogen-bond donors (Lipinski definition) is 0. The van der Waals surface area contributed by atoms with Gasteiger partial charge in [-0.3, -0.25) is 0 Å². The van der Waals surface area contributed by atoms with Gasteiger partial charge in [0.15, 0.2) is 0 Å². The highest BCUT2D eigenvalue weighted by atomic mass is 28.3. The minimum atomic E-state index is 0.254. The molecule has 0 spiro atoms. The van der Waals surface area contributed by atoms with Crippen molar-refractivity contribution in [3.05, 3.63) is 144 Å². The summed E-state index contributed by atoms with van der Waals surface area (Å²) in [5, 5.41) is 0. The van der Waals surface area contributed by atoms with Crippen LogP contribution in [0, 0.1) is 0 Å². The highest BCUT2D eigenvalue weighted by Crippen LogP contribution is 2.26. The molecule has 0 saturated carbocycles. The predicted molar refractivity (Wildman–Crippen MR) is 138 cm³/mol. The zero-order valence-corrected chi connectivity index (χ0v) is 20.6. The highest BCUT2D eigenvalue weighted by molar-refractivity contribution is 6.48. The quantitative estimate of drug-likeness (QED) is 0.181. The first-order valence-electron chi connectivity index (χ1n) is 11.3. The molecular weight excluding hydrogens is 436 g/mol. The van der Waals surface area contributed by atoms with Gasteiger partial charge < -0.3 is 8.85 Å². The van der Waals surface area contributed by atoms with Gasteiger partial charge in [0.2, 0.25) is 19.5 Å². The molecule has 0 heterocycles. The van der Waals surface area contributed by atoms with E-state index in [4.69, 9.17) is 8.85 Å². The summed E-state index contributed by atoms with van der Waals surface area (Å²) in [5.74, 6) is 0.509. The smallest absolute Gasteiger partial charge is 0.228 e. The molecule has 0 fully saturated rings. The lowest BCUT2D eigenvalue weighted by Crippen LogP contribution is -2.16. The molecule has 33 heavy (non-hydrogen) atoms. The Morgan fingerprint density at radius 3 is 0.970 bits per heavy atom. The van der Waals surface area contributed by atoms with E-state index in [1.54, 1.807) is 0 Å². The summed E-state index contributed by atoms with van der Waals surface area (Å²) in [5.41, 5.74) is 6.11. The van der Waals surface area contributed by atoms with Gasteiger partial charge in [-0.2, -0.15) is 0 Å². The van der Waals surface area contributed by atoms with E-state index in [1.807, 2.05) is 0 Å². The van der Waals surface area contributed by atoms with Crippen LogP contribution >= 0.6 is 0 Å². The van der Waals surface area contributed by atoms with Gasteiger partial charge in [-0.05, 0) is 27.9 Å². The molecule has 0 aliphatic carbocycles. The van der Waals surface area contributed by atoms with Crippen LogP contribution in [0.3, 0.4) is 0 Å². The second kappa shape index (κ2) is 13.1. The van der Waals surface area contributed by atoms with Crippen LogP contribution in [-0.2, 0) is 8.85 Å². The third-order valence-corrected chi connectivity index (χ3v) is 7.55. The lowest BCUT2D eigenvalue weighted by atomic mass is 9.92. The van der Waals surface area contributed by atoms with Crippen molar-refractivity contribution in [3.8, 4) is 0 Å². The van der Waals surface area contributed by atoms with E-state index < -0.39 is 0 Å². The molecule has 4 rings (SSSR count). The molecule has 4 heteroatoms. The first-order valence-corrected chi connectivity index (χ1v) is 13.5. The second-order valence-corrected chi connectivity index (χ2v) is 10.4. The fourth-order valence-corrected chi connectivity index (χ4v) is 5.55. The summed E-state index contributed by atoms with van der Waals surface area (Å²) in [4.78, 5) is 0. The van der Waals surface area contributed by atoms with Crippen molar-refractivity contribution in [1.29, 1.82) is 0 Å². The van der Waals surface area contributed by atoms with Crippen LogP contribution in [0.25, 0.3) is 0 Å². The summed E-state index contributed by atoms with van der Waals surface area (Å²) >= 11 is 0. The molecule has 0 bridgehead atoms. The fraction of sp³-hybridized carbons (Fsp3) is 0.172. The monoisotopic (exact) mass is 464 g/mol. The summed E-state index contributed by atoms with van der Waals surface area (Å²) in [6.45, 7) is 1.38. The van der Waals surface area contributed by atoms with Crippen LogP contribution in [0.5, 0.6) is 0 Å². The zero-order chi connectivity index (χ0) is 22.6. The van der Waals surface area contributed by atoms with Crippen LogP contribution in [-0.4, -0.2) is 32.7 Å². The molecule has 0 unspecified atom stereocenters. The Labute approximate surface area is 202 Å². The zero-order valence-electron chi connectivity index (χ0n) is 18.6. The Bertz CT molecular complexity index is 878. The predicted octanol–water partition coefficient (Wildman–Crippen LogP) is 6.30. The maximum atomic E-state index is 6.14. The molecule has 4 radical (unpaired) electrons. The van der Waals surface area contributed by atoms with E-state index >= 15 is 0 Å². The van der Waals surface area contributed by atoms with Gasteiger partial charge in [0.1, 0.15) is 0 Å². The Morgan fingerprint density at radius 2 is 0.697 bits per heavy atom. The van der Waals surface area contributed by atoms with E-state index in [0.29, 0.717) is 32.7 Å². The van der Waals surface area contributed by atoms with Gasteiger partial charge in [-0.25, -0.2) is 0 Å². The third-order valence-electron chi connectivity index (χ3n) is 5.66. The largest absolute Gasteiger partial charge is 0.417 e. The summed E-state index contributed by atoms with van der Waals surface area (Å²) < 4.78 is 12.3. The SMILES string of the molecule is c1ccc(C(CO[Si]C[Si]OCC(c2ccccc2)c2ccccc2)c2ccccc2)cc1. The van der Waals surface area contributed by atoms with Crippen molar-refractivity contribution in [1.82, 2.24) is 0 Å². The van der Waals surface area contributed by atoms with Crippen molar-refractivity contribution in [3.63, 3.8) is 0 Å². The first kappa shape index (κ1) is 23.4. The van der Waals surface area contributed by atoms with Gasteiger partial charge >= 0.3 is 0 Å². The molecule has 0 amide bonds. The summed E-state index contributed by atoms with van der Waals surface area (Å²) in [6, 6.07) is 42.5. The van der Waals surface area contributed by atoms with Crippen LogP contribution in [0.1, 0.15) is 34.1 Å². The van der Waals surface area contributed by atoms with Gasteiger partial charge in [0, 0.05) is 25.0 Å². The van der Waals surface area contributed by atoms with Gasteiger partial charge in [-0.1, -0.05) is 121 Å². The van der Waals surface area contributed by atoms with Crippen LogP contribution < -0.4 is 0 Å². The lowest BCUT2D eigenvalue weighted by Gasteiger charge is -2.19. The normalized spacial score (nSPS) is 11.2. The van der Waals surface area contributed by atoms with Crippen LogP contribution in [0.2, 0.25) is 5.67 Å². The highest BCUT2D eigenvalue weighted by Gasteiger charge is 2.16. The third kappa shape index (κ3) is 7.11. The molecule has 4 aromatic carbocycles. The summed E-state index contributed by atoms with van der Waals surface area (Å²) in [6.07, 6.45) is 0. The van der Waals surface area contributed by atoms with E-state index in [0.717, 1.165) is 5.67 Å². The molecule has 0 N–H and O–H groups in total. The molecule has 0 saturated heterocycles. The summed E-state index contributed by atoms with van der Waals surface area (Å²) in [7, 11) is 0.877. The van der Waals surface area contributed by atoms with Crippen LogP contribution in [0.4, 0.5) is 0 Å². The number of benzene rings is 4. The van der Waals surface area contributed by atoms with Crippen molar-refractivity contribution < 1.29 is 8.85 Å². The topological polar surface area (TPSA) is 18.5 Å². The lowest BCUT2D eigenvalue weighted by molar-refractivity contribution is 0.311. The molecule has 0 aliphatic heterocycles. The molecule has 164 valence electrons. The Hall–Kier alpha value is -2.77. The number of rotatable bonds is 12. The minimum Gasteiger partial charge on any atom is -0.417 e. The van der Waals surface area contributed by atoms with Crippen molar-refractivity contribution in [2.75, 3.05) is 13.2 Å². The first-order chi connectivity index (χ1) is 16.4. The second-order valence-electron chi connectivity index (χ2n) is 7.84. The van der Waals surface area contributed by atoms with Crippen LogP contribution in [0.15, 0.2) is 121 Å². The maximum absolute atomic E-state index is 6.14. The van der Waals surface area contributed by atoms with E-state index in [1.165, 1.54) is 22.3 Å². The van der Waals surface area contributed by atoms with E-state index in [2.05, 4.69) is 121 Å².